The van der Waals surface area contributed by atoms with Gasteiger partial charge in [0.15, 0.2) is 0 Å². The van der Waals surface area contributed by atoms with E-state index in [4.69, 9.17) is 23.2 Å². The van der Waals surface area contributed by atoms with Crippen LogP contribution in [0.2, 0.25) is 10.0 Å². The molecular formula is C15H20Cl2N4O. The lowest BCUT2D eigenvalue weighted by Crippen LogP contribution is -2.10. The number of hydrogen-bond acceptors (Lipinski definition) is 3. The average molecular weight is 343 g/mol. The molecule has 0 spiro atoms. The Morgan fingerprint density at radius 1 is 1.41 bits per heavy atom. The summed E-state index contributed by atoms with van der Waals surface area (Å²) in [6, 6.07) is 5.68. The number of nitrogens with two attached hydrogens (primary N) is 1. The van der Waals surface area contributed by atoms with Crippen molar-refractivity contribution in [3.63, 3.8) is 0 Å². The first-order valence-electron chi connectivity index (χ1n) is 6.97. The zero-order valence-electron chi connectivity index (χ0n) is 12.7. The van der Waals surface area contributed by atoms with E-state index in [9.17, 15) is 4.79 Å². The Morgan fingerprint density at radius 2 is 2.09 bits per heavy atom. The molecular weight excluding hydrogens is 323 g/mol. The van der Waals surface area contributed by atoms with Crippen molar-refractivity contribution in [2.45, 2.75) is 39.2 Å². The van der Waals surface area contributed by atoms with Gasteiger partial charge in [0.05, 0.1) is 0 Å². The third-order valence-electron chi connectivity index (χ3n) is 2.91. The minimum atomic E-state index is -0.333. The van der Waals surface area contributed by atoms with Crippen molar-refractivity contribution in [3.05, 3.63) is 46.5 Å². The van der Waals surface area contributed by atoms with E-state index in [1.165, 1.54) is 6.92 Å². The summed E-state index contributed by atoms with van der Waals surface area (Å²) < 4.78 is 1.84. The van der Waals surface area contributed by atoms with Crippen LogP contribution in [0.5, 0.6) is 0 Å². The quantitative estimate of drug-likeness (QED) is 0.900. The summed E-state index contributed by atoms with van der Waals surface area (Å²) in [6.45, 7) is 4.26. The number of rotatable bonds is 5. The van der Waals surface area contributed by atoms with Crippen molar-refractivity contribution in [1.82, 2.24) is 14.8 Å². The van der Waals surface area contributed by atoms with Gasteiger partial charge in [-0.2, -0.15) is 5.10 Å². The Bertz CT molecular complexity index is 583. The maximum Gasteiger partial charge on any atom is 0.214 e. The second-order valence-corrected chi connectivity index (χ2v) is 5.72. The van der Waals surface area contributed by atoms with Crippen molar-refractivity contribution in [1.29, 1.82) is 0 Å². The molecule has 0 bridgehead atoms. The predicted octanol–water partition coefficient (Wildman–Crippen LogP) is 3.66. The third kappa shape index (κ3) is 6.45. The molecule has 0 saturated heterocycles. The summed E-state index contributed by atoms with van der Waals surface area (Å²) in [5.41, 5.74) is 5.60. The molecule has 1 heterocycles. The fourth-order valence-electron chi connectivity index (χ4n) is 2.08. The van der Waals surface area contributed by atoms with E-state index < -0.39 is 0 Å². The lowest BCUT2D eigenvalue weighted by Gasteiger charge is -2.18. The molecule has 1 atom stereocenters. The van der Waals surface area contributed by atoms with Crippen LogP contribution in [-0.4, -0.2) is 20.7 Å². The summed E-state index contributed by atoms with van der Waals surface area (Å²) in [4.78, 5) is 13.2. The molecule has 7 heteroatoms. The zero-order valence-corrected chi connectivity index (χ0v) is 14.2. The number of carbonyl (C=O) groups is 1. The van der Waals surface area contributed by atoms with Gasteiger partial charge in [0.1, 0.15) is 12.7 Å². The van der Waals surface area contributed by atoms with E-state index in [0.717, 1.165) is 30.0 Å². The average Bonchev–Trinajstić information content (AvgIpc) is 2.90. The van der Waals surface area contributed by atoms with Crippen LogP contribution in [0.25, 0.3) is 0 Å². The van der Waals surface area contributed by atoms with Crippen LogP contribution in [0.3, 0.4) is 0 Å². The molecule has 0 saturated carbocycles. The minimum absolute atomic E-state index is 0.333. The highest BCUT2D eigenvalue weighted by Crippen LogP contribution is 2.31. The molecule has 1 aromatic carbocycles. The van der Waals surface area contributed by atoms with Crippen molar-refractivity contribution in [2.24, 2.45) is 5.73 Å². The fourth-order valence-corrected chi connectivity index (χ4v) is 2.64. The van der Waals surface area contributed by atoms with Crippen LogP contribution < -0.4 is 5.73 Å². The Balaban J connectivity index is 0.000000541. The molecule has 2 rings (SSSR count). The van der Waals surface area contributed by atoms with Gasteiger partial charge in [0, 0.05) is 29.4 Å². The maximum absolute atomic E-state index is 9.22. The molecule has 5 nitrogen and oxygen atoms in total. The molecule has 0 aliphatic heterocycles. The van der Waals surface area contributed by atoms with E-state index in [1.807, 2.05) is 16.8 Å². The lowest BCUT2D eigenvalue weighted by atomic mass is 9.94. The second-order valence-electron chi connectivity index (χ2n) is 4.88. The van der Waals surface area contributed by atoms with E-state index in [1.54, 1.807) is 18.7 Å². The van der Waals surface area contributed by atoms with Crippen LogP contribution in [0, 0.1) is 0 Å². The molecule has 0 fully saturated rings. The van der Waals surface area contributed by atoms with E-state index in [-0.39, 0.29) is 5.91 Å². The first kappa shape index (κ1) is 18.5. The number of hydrogen-bond donors (Lipinski definition) is 1. The summed E-state index contributed by atoms with van der Waals surface area (Å²) in [5.74, 6) is 0.00136. The Morgan fingerprint density at radius 3 is 2.59 bits per heavy atom. The number of nitrogens with zero attached hydrogens (tertiary/aromatic N) is 3. The maximum atomic E-state index is 9.22. The van der Waals surface area contributed by atoms with Gasteiger partial charge in [-0.05, 0) is 24.1 Å². The van der Waals surface area contributed by atoms with Gasteiger partial charge < -0.3 is 5.73 Å². The monoisotopic (exact) mass is 342 g/mol. The van der Waals surface area contributed by atoms with E-state index >= 15 is 0 Å². The summed E-state index contributed by atoms with van der Waals surface area (Å²) in [7, 11) is 0. The number of aromatic nitrogens is 3. The molecule has 2 aromatic rings. The van der Waals surface area contributed by atoms with Crippen molar-refractivity contribution < 1.29 is 4.79 Å². The summed E-state index contributed by atoms with van der Waals surface area (Å²) >= 11 is 12.2. The van der Waals surface area contributed by atoms with Crippen LogP contribution >= 0.6 is 23.2 Å². The number of benzene rings is 1. The highest BCUT2D eigenvalue weighted by atomic mass is 35.5. The molecule has 0 radical (unpaired) electrons. The van der Waals surface area contributed by atoms with E-state index in [2.05, 4.69) is 22.7 Å². The van der Waals surface area contributed by atoms with Gasteiger partial charge in [-0.25, -0.2) is 4.98 Å². The normalized spacial score (nSPS) is 11.5. The Labute approximate surface area is 140 Å². The standard InChI is InChI=1S/C13H15Cl2N3.C2H5NO/c1-2-3-10(7-18-9-16-8-17-18)12-5-4-11(14)6-13(12)15;1-2(3)4/h4-6,8-10H,2-3,7H2,1H3;1H3,(H2,3,4). The zero-order chi connectivity index (χ0) is 16.5. The van der Waals surface area contributed by atoms with Crippen molar-refractivity contribution >= 4 is 29.1 Å². The summed E-state index contributed by atoms with van der Waals surface area (Å²) in [6.07, 6.45) is 5.43. The predicted molar refractivity (Wildman–Crippen MR) is 89.0 cm³/mol. The van der Waals surface area contributed by atoms with Gasteiger partial charge in [0.2, 0.25) is 5.91 Å². The largest absolute Gasteiger partial charge is 0.370 e. The van der Waals surface area contributed by atoms with Gasteiger partial charge in [-0.15, -0.1) is 0 Å². The van der Waals surface area contributed by atoms with Crippen LogP contribution in [0.4, 0.5) is 0 Å². The third-order valence-corrected chi connectivity index (χ3v) is 3.48. The van der Waals surface area contributed by atoms with Crippen molar-refractivity contribution in [3.8, 4) is 0 Å². The number of carbonyl (C=O) groups excluding carboxylic acids is 1. The second kappa shape index (κ2) is 9.43. The minimum Gasteiger partial charge on any atom is -0.370 e. The van der Waals surface area contributed by atoms with Crippen molar-refractivity contribution in [2.75, 3.05) is 0 Å². The van der Waals surface area contributed by atoms with Crippen LogP contribution in [0.1, 0.15) is 38.2 Å². The SMILES string of the molecule is CC(N)=O.CCCC(Cn1cncn1)c1ccc(Cl)cc1Cl. The van der Waals surface area contributed by atoms with Gasteiger partial charge in [-0.1, -0.05) is 42.6 Å². The highest BCUT2D eigenvalue weighted by molar-refractivity contribution is 6.35. The van der Waals surface area contributed by atoms with Gasteiger partial charge >= 0.3 is 0 Å². The smallest absolute Gasteiger partial charge is 0.214 e. The molecule has 120 valence electrons. The molecule has 0 aliphatic rings. The van der Waals surface area contributed by atoms with Crippen LogP contribution in [0.15, 0.2) is 30.9 Å². The first-order valence-corrected chi connectivity index (χ1v) is 7.73. The molecule has 22 heavy (non-hydrogen) atoms. The topological polar surface area (TPSA) is 73.8 Å². The molecule has 2 N–H and O–H groups in total. The lowest BCUT2D eigenvalue weighted by molar-refractivity contribution is -0.115. The molecule has 0 aliphatic carbocycles. The van der Waals surface area contributed by atoms with E-state index in [0.29, 0.717) is 10.9 Å². The molecule has 1 aromatic heterocycles. The molecule has 1 unspecified atom stereocenters. The van der Waals surface area contributed by atoms with Gasteiger partial charge in [-0.3, -0.25) is 9.48 Å². The molecule has 1 amide bonds. The number of halogens is 2. The summed E-state index contributed by atoms with van der Waals surface area (Å²) in [5, 5.41) is 5.54. The first-order chi connectivity index (χ1) is 10.4. The van der Waals surface area contributed by atoms with Gasteiger partial charge in [0.25, 0.3) is 0 Å². The van der Waals surface area contributed by atoms with Crippen LogP contribution in [-0.2, 0) is 11.3 Å². The Kier molecular flexibility index (Phi) is 7.91. The number of amides is 1. The highest BCUT2D eigenvalue weighted by Gasteiger charge is 2.15. The number of primary amides is 1. The Hall–Kier alpha value is -1.59. The fraction of sp³-hybridized carbons (Fsp3) is 0.400.